The molecule has 1 saturated heterocycles. The van der Waals surface area contributed by atoms with Crippen molar-refractivity contribution >= 4 is 77.1 Å². The van der Waals surface area contributed by atoms with Crippen LogP contribution in [0.25, 0.3) is 64.6 Å². The SMILES string of the molecule is C(=NCCN1CCN(CCN=Cc2ccc3ccc4cccc5ccc2c3c45)CC1)c1ccc2ccc3cccc4ccc1c2c34. The van der Waals surface area contributed by atoms with Crippen LogP contribution < -0.4 is 0 Å². The van der Waals surface area contributed by atoms with Gasteiger partial charge in [-0.15, -0.1) is 0 Å². The van der Waals surface area contributed by atoms with Gasteiger partial charge in [-0.1, -0.05) is 109 Å². The Morgan fingerprint density at radius 2 is 0.761 bits per heavy atom. The molecule has 1 aliphatic rings. The van der Waals surface area contributed by atoms with Crippen molar-refractivity contribution in [2.24, 2.45) is 9.98 Å². The summed E-state index contributed by atoms with van der Waals surface area (Å²) in [6, 6.07) is 40.0. The number of rotatable bonds is 8. The topological polar surface area (TPSA) is 31.2 Å². The second-order valence-electron chi connectivity index (χ2n) is 12.8. The molecule has 9 rings (SSSR count). The quantitative estimate of drug-likeness (QED) is 0.130. The minimum absolute atomic E-state index is 0.825. The number of hydrogen-bond acceptors (Lipinski definition) is 4. The molecule has 8 aromatic carbocycles. The molecule has 224 valence electrons. The Kier molecular flexibility index (Phi) is 6.84. The fraction of sp³-hybridized carbons (Fsp3) is 0.190. The fourth-order valence-corrected chi connectivity index (χ4v) is 7.70. The van der Waals surface area contributed by atoms with Crippen molar-refractivity contribution in [2.75, 3.05) is 52.4 Å². The Labute approximate surface area is 268 Å². The number of piperazine rings is 1. The van der Waals surface area contributed by atoms with Crippen LogP contribution in [0.4, 0.5) is 0 Å². The minimum Gasteiger partial charge on any atom is -0.299 e. The van der Waals surface area contributed by atoms with E-state index in [0.29, 0.717) is 0 Å². The second-order valence-corrected chi connectivity index (χ2v) is 12.8. The normalized spacial score (nSPS) is 15.5. The van der Waals surface area contributed by atoms with Crippen LogP contribution in [-0.4, -0.2) is 74.6 Å². The van der Waals surface area contributed by atoms with E-state index < -0.39 is 0 Å². The van der Waals surface area contributed by atoms with Crippen LogP contribution in [-0.2, 0) is 0 Å². The van der Waals surface area contributed by atoms with Gasteiger partial charge < -0.3 is 0 Å². The monoisotopic (exact) mass is 596 g/mol. The van der Waals surface area contributed by atoms with Gasteiger partial charge in [0.05, 0.1) is 13.1 Å². The van der Waals surface area contributed by atoms with Gasteiger partial charge in [0.1, 0.15) is 0 Å². The number of hydrogen-bond donors (Lipinski definition) is 0. The van der Waals surface area contributed by atoms with Crippen LogP contribution in [0.2, 0.25) is 0 Å². The van der Waals surface area contributed by atoms with Gasteiger partial charge in [0, 0.05) is 62.8 Å². The highest BCUT2D eigenvalue weighted by atomic mass is 15.3. The molecule has 0 aliphatic carbocycles. The van der Waals surface area contributed by atoms with Gasteiger partial charge in [-0.2, -0.15) is 0 Å². The van der Waals surface area contributed by atoms with Gasteiger partial charge in [-0.3, -0.25) is 19.8 Å². The molecule has 0 atom stereocenters. The Morgan fingerprint density at radius 3 is 1.17 bits per heavy atom. The van der Waals surface area contributed by atoms with Gasteiger partial charge in [0.15, 0.2) is 0 Å². The standard InChI is InChI=1S/C42H36N4/c1-3-29-7-9-33-11-13-35(37-17-15-31(5-1)39(29)41(33)37)27-43-19-21-45-23-25-46(26-24-45)22-20-44-28-36-14-12-34-10-8-30-4-2-6-32-16-18-38(36)42(34)40(30)32/h1-18,27-28H,19-26H2. The Morgan fingerprint density at radius 1 is 0.413 bits per heavy atom. The molecule has 0 spiro atoms. The summed E-state index contributed by atoms with van der Waals surface area (Å²) in [6.07, 6.45) is 4.17. The van der Waals surface area contributed by atoms with E-state index in [4.69, 9.17) is 9.98 Å². The lowest BCUT2D eigenvalue weighted by molar-refractivity contribution is 0.138. The molecular formula is C42H36N4. The molecule has 1 heterocycles. The number of nitrogens with zero attached hydrogens (tertiary/aromatic N) is 4. The maximum absolute atomic E-state index is 4.88. The third-order valence-corrected chi connectivity index (χ3v) is 10.1. The molecule has 0 radical (unpaired) electrons. The van der Waals surface area contributed by atoms with Gasteiger partial charge in [-0.25, -0.2) is 0 Å². The largest absolute Gasteiger partial charge is 0.299 e. The van der Waals surface area contributed by atoms with E-state index in [2.05, 4.69) is 131 Å². The van der Waals surface area contributed by atoms with Crippen molar-refractivity contribution in [1.29, 1.82) is 0 Å². The maximum Gasteiger partial charge on any atom is 0.0517 e. The van der Waals surface area contributed by atoms with E-state index in [9.17, 15) is 0 Å². The van der Waals surface area contributed by atoms with E-state index in [1.165, 1.54) is 75.8 Å². The van der Waals surface area contributed by atoms with Crippen LogP contribution in [0.3, 0.4) is 0 Å². The average molecular weight is 597 g/mol. The van der Waals surface area contributed by atoms with Crippen molar-refractivity contribution in [2.45, 2.75) is 0 Å². The van der Waals surface area contributed by atoms with Crippen molar-refractivity contribution in [3.05, 3.63) is 120 Å². The lowest BCUT2D eigenvalue weighted by atomic mass is 9.92. The van der Waals surface area contributed by atoms with E-state index in [1.807, 2.05) is 0 Å². The third kappa shape index (κ3) is 4.77. The molecule has 0 unspecified atom stereocenters. The Bertz CT molecular complexity index is 2190. The summed E-state index contributed by atoms with van der Waals surface area (Å²) in [5.41, 5.74) is 2.41. The summed E-state index contributed by atoms with van der Waals surface area (Å²) in [6.45, 7) is 8.02. The highest BCUT2D eigenvalue weighted by Crippen LogP contribution is 2.36. The molecule has 0 aromatic heterocycles. The van der Waals surface area contributed by atoms with Gasteiger partial charge in [0.25, 0.3) is 0 Å². The molecule has 1 aliphatic heterocycles. The summed E-state index contributed by atoms with van der Waals surface area (Å²) < 4.78 is 0. The minimum atomic E-state index is 0.825. The Balaban J connectivity index is 0.794. The smallest absolute Gasteiger partial charge is 0.0517 e. The molecule has 8 aromatic rings. The Hall–Kier alpha value is -4.90. The first kappa shape index (κ1) is 27.4. The third-order valence-electron chi connectivity index (χ3n) is 10.1. The van der Waals surface area contributed by atoms with Crippen LogP contribution in [0, 0.1) is 0 Å². The first-order valence-corrected chi connectivity index (χ1v) is 16.6. The van der Waals surface area contributed by atoms with E-state index in [0.717, 1.165) is 52.4 Å². The lowest BCUT2D eigenvalue weighted by Crippen LogP contribution is -2.47. The lowest BCUT2D eigenvalue weighted by Gasteiger charge is -2.34. The van der Waals surface area contributed by atoms with E-state index in [-0.39, 0.29) is 0 Å². The summed E-state index contributed by atoms with van der Waals surface area (Å²) in [5, 5.41) is 15.8. The number of benzene rings is 8. The molecule has 4 heteroatoms. The first-order chi connectivity index (χ1) is 22.8. The molecule has 0 saturated carbocycles. The number of aliphatic imine (C=N–C) groups is 2. The van der Waals surface area contributed by atoms with Crippen LogP contribution in [0.1, 0.15) is 11.1 Å². The molecular weight excluding hydrogens is 560 g/mol. The molecule has 4 nitrogen and oxygen atoms in total. The molecule has 0 bridgehead atoms. The van der Waals surface area contributed by atoms with Crippen LogP contribution in [0.5, 0.6) is 0 Å². The van der Waals surface area contributed by atoms with Crippen molar-refractivity contribution < 1.29 is 0 Å². The van der Waals surface area contributed by atoms with E-state index in [1.54, 1.807) is 0 Å². The summed E-state index contributed by atoms with van der Waals surface area (Å²) in [5.74, 6) is 0. The van der Waals surface area contributed by atoms with Gasteiger partial charge in [-0.05, 0) is 64.6 Å². The fourth-order valence-electron chi connectivity index (χ4n) is 7.70. The van der Waals surface area contributed by atoms with Crippen LogP contribution in [0.15, 0.2) is 119 Å². The molecule has 46 heavy (non-hydrogen) atoms. The van der Waals surface area contributed by atoms with Gasteiger partial charge >= 0.3 is 0 Å². The molecule has 0 amide bonds. The zero-order valence-electron chi connectivity index (χ0n) is 26.0. The highest BCUT2D eigenvalue weighted by molar-refractivity contribution is 6.26. The molecule has 0 N–H and O–H groups in total. The van der Waals surface area contributed by atoms with Crippen LogP contribution >= 0.6 is 0 Å². The zero-order valence-corrected chi connectivity index (χ0v) is 26.0. The highest BCUT2D eigenvalue weighted by Gasteiger charge is 2.16. The summed E-state index contributed by atoms with van der Waals surface area (Å²) in [7, 11) is 0. The first-order valence-electron chi connectivity index (χ1n) is 16.6. The summed E-state index contributed by atoms with van der Waals surface area (Å²) >= 11 is 0. The average Bonchev–Trinajstić information content (AvgIpc) is 3.11. The van der Waals surface area contributed by atoms with Gasteiger partial charge in [0.2, 0.25) is 0 Å². The van der Waals surface area contributed by atoms with Crippen molar-refractivity contribution in [3.63, 3.8) is 0 Å². The zero-order chi connectivity index (χ0) is 30.5. The second kappa shape index (κ2) is 11.5. The molecule has 1 fully saturated rings. The maximum atomic E-state index is 4.88. The summed E-state index contributed by atoms with van der Waals surface area (Å²) in [4.78, 5) is 14.8. The predicted molar refractivity (Wildman–Crippen MR) is 198 cm³/mol. The van der Waals surface area contributed by atoms with E-state index >= 15 is 0 Å². The predicted octanol–water partition coefficient (Wildman–Crippen LogP) is 8.64. The van der Waals surface area contributed by atoms with Crippen molar-refractivity contribution in [1.82, 2.24) is 9.80 Å². The van der Waals surface area contributed by atoms with Crippen molar-refractivity contribution in [3.8, 4) is 0 Å².